The van der Waals surface area contributed by atoms with Crippen LogP contribution in [-0.2, 0) is 14.3 Å². The van der Waals surface area contributed by atoms with Gasteiger partial charge in [0.15, 0.2) is 0 Å². The van der Waals surface area contributed by atoms with Crippen LogP contribution in [0.4, 0.5) is 0 Å². The standard InChI is InChI=1S/C31H33NO6/c1-3-4-19-37-25-15-9-12-23(21-25)29(33)27-28(32(17-10-18-36-2)31(35)30(27)34)22-11-8-16-26(20-22)38-24-13-6-5-7-14-24/h5-9,11-16,20-21,28,33H,3-4,10,17-19H2,1-2H3. The lowest BCUT2D eigenvalue weighted by atomic mass is 9.95. The number of hydrogen-bond donors (Lipinski definition) is 1. The van der Waals surface area contributed by atoms with Crippen LogP contribution in [-0.4, -0.2) is 48.6 Å². The SMILES string of the molecule is CCCCOc1cccc(C(O)=C2C(=O)C(=O)N(CCCOC)C2c2cccc(Oc3ccccc3)c2)c1. The molecule has 38 heavy (non-hydrogen) atoms. The van der Waals surface area contributed by atoms with Crippen molar-refractivity contribution in [1.82, 2.24) is 4.90 Å². The highest BCUT2D eigenvalue weighted by molar-refractivity contribution is 6.46. The molecular weight excluding hydrogens is 482 g/mol. The van der Waals surface area contributed by atoms with Gasteiger partial charge in [-0.1, -0.05) is 55.8 Å². The lowest BCUT2D eigenvalue weighted by molar-refractivity contribution is -0.140. The van der Waals surface area contributed by atoms with Gasteiger partial charge < -0.3 is 24.2 Å². The summed E-state index contributed by atoms with van der Waals surface area (Å²) in [4.78, 5) is 28.0. The van der Waals surface area contributed by atoms with E-state index in [-0.39, 0.29) is 11.3 Å². The maximum absolute atomic E-state index is 13.3. The first-order valence-electron chi connectivity index (χ1n) is 12.9. The molecule has 1 saturated heterocycles. The van der Waals surface area contributed by atoms with E-state index in [2.05, 4.69) is 6.92 Å². The van der Waals surface area contributed by atoms with E-state index in [0.717, 1.165) is 12.8 Å². The largest absolute Gasteiger partial charge is 0.507 e. The van der Waals surface area contributed by atoms with Gasteiger partial charge in [-0.3, -0.25) is 9.59 Å². The number of amides is 1. The van der Waals surface area contributed by atoms with Gasteiger partial charge >= 0.3 is 0 Å². The quantitative estimate of drug-likeness (QED) is 0.135. The van der Waals surface area contributed by atoms with E-state index in [0.29, 0.717) is 54.6 Å². The number of benzene rings is 3. The molecule has 198 valence electrons. The molecule has 1 amide bonds. The third-order valence-electron chi connectivity index (χ3n) is 6.31. The minimum Gasteiger partial charge on any atom is -0.507 e. The molecule has 4 rings (SSSR count). The third-order valence-corrected chi connectivity index (χ3v) is 6.31. The van der Waals surface area contributed by atoms with Crippen LogP contribution in [0.2, 0.25) is 0 Å². The van der Waals surface area contributed by atoms with E-state index in [4.69, 9.17) is 14.2 Å². The van der Waals surface area contributed by atoms with E-state index in [1.807, 2.05) is 48.5 Å². The van der Waals surface area contributed by atoms with Gasteiger partial charge in [-0.05, 0) is 54.8 Å². The van der Waals surface area contributed by atoms with Crippen molar-refractivity contribution in [3.8, 4) is 17.2 Å². The van der Waals surface area contributed by atoms with E-state index in [1.165, 1.54) is 4.90 Å². The molecule has 0 bridgehead atoms. The second kappa shape index (κ2) is 12.9. The Hall–Kier alpha value is -4.10. The smallest absolute Gasteiger partial charge is 0.295 e. The zero-order chi connectivity index (χ0) is 26.9. The monoisotopic (exact) mass is 515 g/mol. The van der Waals surface area contributed by atoms with E-state index in [9.17, 15) is 14.7 Å². The number of nitrogens with zero attached hydrogens (tertiary/aromatic N) is 1. The summed E-state index contributed by atoms with van der Waals surface area (Å²) in [5, 5.41) is 11.4. The fraction of sp³-hybridized carbons (Fsp3) is 0.290. The molecule has 3 aromatic rings. The number of methoxy groups -OCH3 is 1. The number of hydrogen-bond acceptors (Lipinski definition) is 6. The number of unbranched alkanes of at least 4 members (excludes halogenated alkanes) is 1. The molecule has 0 aliphatic carbocycles. The van der Waals surface area contributed by atoms with Crippen LogP contribution in [0.5, 0.6) is 17.2 Å². The Morgan fingerprint density at radius 2 is 1.61 bits per heavy atom. The maximum Gasteiger partial charge on any atom is 0.295 e. The molecule has 0 radical (unpaired) electrons. The first-order valence-corrected chi connectivity index (χ1v) is 12.9. The number of aliphatic hydroxyl groups is 1. The van der Waals surface area contributed by atoms with Crippen molar-refractivity contribution >= 4 is 17.4 Å². The van der Waals surface area contributed by atoms with Crippen molar-refractivity contribution in [3.63, 3.8) is 0 Å². The third kappa shape index (κ3) is 6.23. The summed E-state index contributed by atoms with van der Waals surface area (Å²) in [6.45, 7) is 3.36. The summed E-state index contributed by atoms with van der Waals surface area (Å²) in [5.74, 6) is 0.194. The molecule has 1 N–H and O–H groups in total. The lowest BCUT2D eigenvalue weighted by Crippen LogP contribution is -2.31. The topological polar surface area (TPSA) is 85.3 Å². The molecule has 7 heteroatoms. The summed E-state index contributed by atoms with van der Waals surface area (Å²) in [5.41, 5.74) is 1.11. The van der Waals surface area contributed by atoms with Gasteiger partial charge in [0.1, 0.15) is 23.0 Å². The second-order valence-corrected chi connectivity index (χ2v) is 9.06. The molecule has 1 atom stereocenters. The van der Waals surface area contributed by atoms with E-state index < -0.39 is 17.7 Å². The van der Waals surface area contributed by atoms with Gasteiger partial charge in [0.2, 0.25) is 0 Å². The van der Waals surface area contributed by atoms with Crippen LogP contribution in [0.1, 0.15) is 43.4 Å². The molecule has 1 unspecified atom stereocenters. The normalized spacial score (nSPS) is 16.6. The number of carbonyl (C=O) groups is 2. The number of rotatable bonds is 12. The maximum atomic E-state index is 13.3. The molecule has 0 aromatic heterocycles. The lowest BCUT2D eigenvalue weighted by Gasteiger charge is -2.25. The first kappa shape index (κ1) is 26.9. The van der Waals surface area contributed by atoms with Crippen LogP contribution in [0.3, 0.4) is 0 Å². The summed E-state index contributed by atoms with van der Waals surface area (Å²) in [6.07, 6.45) is 2.45. The molecule has 1 aliphatic rings. The number of aliphatic hydroxyl groups excluding tert-OH is 1. The molecule has 1 aliphatic heterocycles. The number of ether oxygens (including phenoxy) is 3. The molecule has 3 aromatic carbocycles. The van der Waals surface area contributed by atoms with Crippen molar-refractivity contribution in [3.05, 3.63) is 95.6 Å². The highest BCUT2D eigenvalue weighted by atomic mass is 16.5. The van der Waals surface area contributed by atoms with Gasteiger partial charge in [-0.15, -0.1) is 0 Å². The van der Waals surface area contributed by atoms with Crippen LogP contribution in [0.25, 0.3) is 5.76 Å². The minimum absolute atomic E-state index is 0.0370. The highest BCUT2D eigenvalue weighted by Gasteiger charge is 2.46. The number of carbonyl (C=O) groups excluding carboxylic acids is 2. The van der Waals surface area contributed by atoms with Crippen LogP contribution < -0.4 is 9.47 Å². The Kier molecular flexibility index (Phi) is 9.16. The van der Waals surface area contributed by atoms with Gasteiger partial charge in [-0.25, -0.2) is 0 Å². The van der Waals surface area contributed by atoms with Crippen molar-refractivity contribution < 1.29 is 28.9 Å². The predicted molar refractivity (Wildman–Crippen MR) is 145 cm³/mol. The molecule has 0 spiro atoms. The number of likely N-dealkylation sites (tertiary alicyclic amines) is 1. The van der Waals surface area contributed by atoms with E-state index >= 15 is 0 Å². The molecule has 7 nitrogen and oxygen atoms in total. The molecular formula is C31H33NO6. The fourth-order valence-corrected chi connectivity index (χ4v) is 4.43. The molecule has 0 saturated carbocycles. The number of ketones is 1. The van der Waals surface area contributed by atoms with Crippen molar-refractivity contribution in [2.45, 2.75) is 32.2 Å². The Labute approximate surface area is 223 Å². The second-order valence-electron chi connectivity index (χ2n) is 9.06. The molecule has 1 heterocycles. The zero-order valence-electron chi connectivity index (χ0n) is 21.8. The molecule has 1 fully saturated rings. The van der Waals surface area contributed by atoms with Crippen LogP contribution in [0, 0.1) is 0 Å². The summed E-state index contributed by atoms with van der Waals surface area (Å²) in [7, 11) is 1.59. The Balaban J connectivity index is 1.74. The summed E-state index contributed by atoms with van der Waals surface area (Å²) in [6, 6.07) is 22.8. The Morgan fingerprint density at radius 3 is 2.37 bits per heavy atom. The average molecular weight is 516 g/mol. The van der Waals surface area contributed by atoms with Crippen LogP contribution in [0.15, 0.2) is 84.4 Å². The predicted octanol–water partition coefficient (Wildman–Crippen LogP) is 6.12. The summed E-state index contributed by atoms with van der Waals surface area (Å²) >= 11 is 0. The van der Waals surface area contributed by atoms with Gasteiger partial charge in [-0.2, -0.15) is 0 Å². The fourth-order valence-electron chi connectivity index (χ4n) is 4.43. The zero-order valence-corrected chi connectivity index (χ0v) is 21.8. The summed E-state index contributed by atoms with van der Waals surface area (Å²) < 4.78 is 17.0. The number of Topliss-reactive ketones (excluding diaryl/α,β-unsaturated/α-hetero) is 1. The van der Waals surface area contributed by atoms with Crippen molar-refractivity contribution in [2.24, 2.45) is 0 Å². The van der Waals surface area contributed by atoms with Crippen LogP contribution >= 0.6 is 0 Å². The Morgan fingerprint density at radius 1 is 0.868 bits per heavy atom. The minimum atomic E-state index is -0.782. The van der Waals surface area contributed by atoms with Crippen molar-refractivity contribution in [2.75, 3.05) is 26.9 Å². The number of para-hydroxylation sites is 1. The van der Waals surface area contributed by atoms with Gasteiger partial charge in [0, 0.05) is 25.8 Å². The van der Waals surface area contributed by atoms with Crippen molar-refractivity contribution in [1.29, 1.82) is 0 Å². The first-order chi connectivity index (χ1) is 18.5. The van der Waals surface area contributed by atoms with E-state index in [1.54, 1.807) is 37.4 Å². The van der Waals surface area contributed by atoms with Gasteiger partial charge in [0.05, 0.1) is 18.2 Å². The average Bonchev–Trinajstić information content (AvgIpc) is 3.19. The Bertz CT molecular complexity index is 1290. The van der Waals surface area contributed by atoms with Gasteiger partial charge in [0.25, 0.3) is 11.7 Å². The highest BCUT2D eigenvalue weighted by Crippen LogP contribution is 2.41.